The molecule has 1 N–H and O–H groups in total. The largest absolute Gasteiger partial charge is 0.272 e. The standard InChI is InChI=1S/C26H24FN5OS/c1-17-4-8-21(9-5-17)25-30-31-26(32(25)23-14-6-18(2)7-15-23)34-16-24(33)29-28-19(3)20-10-12-22(27)13-11-20/h4-15H,16H2,1-3H3,(H,29,33)/b28-19+. The molecule has 0 atom stereocenters. The van der Waals surface area contributed by atoms with Gasteiger partial charge in [0.1, 0.15) is 5.82 Å². The van der Waals surface area contributed by atoms with Crippen molar-refractivity contribution in [2.45, 2.75) is 25.9 Å². The van der Waals surface area contributed by atoms with Crippen LogP contribution in [0.4, 0.5) is 4.39 Å². The number of hydrazone groups is 1. The molecule has 4 rings (SSSR count). The van der Waals surface area contributed by atoms with Gasteiger partial charge in [0.25, 0.3) is 5.91 Å². The SMILES string of the molecule is C/C(=N\NC(=O)CSc1nnc(-c2ccc(C)cc2)n1-c1ccc(C)cc1)c1ccc(F)cc1. The Labute approximate surface area is 201 Å². The highest BCUT2D eigenvalue weighted by molar-refractivity contribution is 7.99. The van der Waals surface area contributed by atoms with Crippen LogP contribution in [-0.2, 0) is 4.79 Å². The minimum absolute atomic E-state index is 0.109. The molecule has 4 aromatic rings. The highest BCUT2D eigenvalue weighted by atomic mass is 32.2. The number of aromatic nitrogens is 3. The fourth-order valence-corrected chi connectivity index (χ4v) is 3.99. The van der Waals surface area contributed by atoms with Crippen LogP contribution in [0.5, 0.6) is 0 Å². The number of nitrogens with one attached hydrogen (secondary N) is 1. The Morgan fingerprint density at radius 3 is 2.21 bits per heavy atom. The fourth-order valence-electron chi connectivity index (χ4n) is 3.24. The molecule has 0 saturated heterocycles. The number of carbonyl (C=O) groups is 1. The molecule has 0 aliphatic rings. The molecule has 34 heavy (non-hydrogen) atoms. The van der Waals surface area contributed by atoms with Gasteiger partial charge in [-0.05, 0) is 50.6 Å². The van der Waals surface area contributed by atoms with E-state index in [-0.39, 0.29) is 17.5 Å². The second kappa shape index (κ2) is 10.4. The molecule has 172 valence electrons. The van der Waals surface area contributed by atoms with Crippen molar-refractivity contribution in [3.63, 3.8) is 0 Å². The van der Waals surface area contributed by atoms with Crippen LogP contribution >= 0.6 is 11.8 Å². The van der Waals surface area contributed by atoms with Gasteiger partial charge in [0.2, 0.25) is 0 Å². The van der Waals surface area contributed by atoms with Crippen LogP contribution in [0.2, 0.25) is 0 Å². The first-order valence-electron chi connectivity index (χ1n) is 10.7. The van der Waals surface area contributed by atoms with Gasteiger partial charge in [-0.2, -0.15) is 5.10 Å². The first kappa shape index (κ1) is 23.4. The molecular weight excluding hydrogens is 449 g/mol. The van der Waals surface area contributed by atoms with Crippen molar-refractivity contribution in [2.24, 2.45) is 5.10 Å². The summed E-state index contributed by atoms with van der Waals surface area (Å²) in [6.45, 7) is 5.82. The average molecular weight is 474 g/mol. The lowest BCUT2D eigenvalue weighted by atomic mass is 10.1. The van der Waals surface area contributed by atoms with Crippen molar-refractivity contribution in [3.05, 3.63) is 95.3 Å². The number of rotatable bonds is 7. The van der Waals surface area contributed by atoms with Crippen molar-refractivity contribution >= 4 is 23.4 Å². The van der Waals surface area contributed by atoms with Crippen LogP contribution in [0, 0.1) is 19.7 Å². The molecule has 1 amide bonds. The lowest BCUT2D eigenvalue weighted by molar-refractivity contribution is -0.118. The Hall–Kier alpha value is -3.78. The number of thioether (sulfide) groups is 1. The number of nitrogens with zero attached hydrogens (tertiary/aromatic N) is 4. The van der Waals surface area contributed by atoms with Crippen molar-refractivity contribution in [2.75, 3.05) is 5.75 Å². The maximum absolute atomic E-state index is 13.1. The zero-order valence-corrected chi connectivity index (χ0v) is 19.9. The number of hydrogen-bond donors (Lipinski definition) is 1. The number of amides is 1. The molecule has 0 unspecified atom stereocenters. The average Bonchev–Trinajstić information content (AvgIpc) is 3.26. The monoisotopic (exact) mass is 473 g/mol. The predicted octanol–water partition coefficient (Wildman–Crippen LogP) is 5.32. The van der Waals surface area contributed by atoms with Crippen LogP contribution < -0.4 is 5.43 Å². The first-order chi connectivity index (χ1) is 16.4. The van der Waals surface area contributed by atoms with Crippen molar-refractivity contribution < 1.29 is 9.18 Å². The highest BCUT2D eigenvalue weighted by Crippen LogP contribution is 2.28. The molecule has 0 fully saturated rings. The Balaban J connectivity index is 1.52. The summed E-state index contributed by atoms with van der Waals surface area (Å²) in [5, 5.41) is 13.5. The Bertz CT molecular complexity index is 1310. The molecule has 1 heterocycles. The van der Waals surface area contributed by atoms with Gasteiger partial charge in [0.05, 0.1) is 11.5 Å². The number of benzene rings is 3. The summed E-state index contributed by atoms with van der Waals surface area (Å²) in [5.74, 6) is 0.219. The van der Waals surface area contributed by atoms with Crippen LogP contribution in [0.15, 0.2) is 83.1 Å². The second-order valence-electron chi connectivity index (χ2n) is 7.87. The van der Waals surface area contributed by atoms with E-state index >= 15 is 0 Å². The Morgan fingerprint density at radius 2 is 1.56 bits per heavy atom. The number of halogens is 1. The van der Waals surface area contributed by atoms with Gasteiger partial charge in [0.15, 0.2) is 11.0 Å². The van der Waals surface area contributed by atoms with Crippen molar-refractivity contribution in [1.82, 2.24) is 20.2 Å². The van der Waals surface area contributed by atoms with E-state index in [1.54, 1.807) is 19.1 Å². The summed E-state index contributed by atoms with van der Waals surface area (Å²) in [5.41, 5.74) is 8.04. The van der Waals surface area contributed by atoms with Gasteiger partial charge in [-0.25, -0.2) is 9.82 Å². The van der Waals surface area contributed by atoms with E-state index in [2.05, 4.69) is 20.7 Å². The van der Waals surface area contributed by atoms with E-state index in [9.17, 15) is 9.18 Å². The summed E-state index contributed by atoms with van der Waals surface area (Å²) in [6.07, 6.45) is 0. The molecule has 0 aliphatic heterocycles. The molecule has 3 aromatic carbocycles. The summed E-state index contributed by atoms with van der Waals surface area (Å²) in [6, 6.07) is 22.1. The van der Waals surface area contributed by atoms with Gasteiger partial charge >= 0.3 is 0 Å². The minimum Gasteiger partial charge on any atom is -0.272 e. The molecule has 0 radical (unpaired) electrons. The molecule has 0 spiro atoms. The maximum atomic E-state index is 13.1. The highest BCUT2D eigenvalue weighted by Gasteiger charge is 2.17. The number of carbonyl (C=O) groups excluding carboxylic acids is 1. The third-order valence-electron chi connectivity index (χ3n) is 5.18. The van der Waals surface area contributed by atoms with E-state index in [0.29, 0.717) is 16.7 Å². The van der Waals surface area contributed by atoms with E-state index in [4.69, 9.17) is 0 Å². The van der Waals surface area contributed by atoms with E-state index in [0.717, 1.165) is 27.9 Å². The molecular formula is C26H24FN5OS. The molecule has 1 aromatic heterocycles. The lowest BCUT2D eigenvalue weighted by Crippen LogP contribution is -2.21. The van der Waals surface area contributed by atoms with Crippen LogP contribution in [0.1, 0.15) is 23.6 Å². The summed E-state index contributed by atoms with van der Waals surface area (Å²) >= 11 is 1.28. The predicted molar refractivity (Wildman–Crippen MR) is 134 cm³/mol. The zero-order chi connectivity index (χ0) is 24.1. The summed E-state index contributed by atoms with van der Waals surface area (Å²) in [7, 11) is 0. The van der Waals surface area contributed by atoms with E-state index in [1.807, 2.05) is 66.9 Å². The third kappa shape index (κ3) is 5.58. The quantitative estimate of drug-likeness (QED) is 0.224. The van der Waals surface area contributed by atoms with Crippen LogP contribution in [-0.4, -0.2) is 32.1 Å². The van der Waals surface area contributed by atoms with Gasteiger partial charge in [-0.15, -0.1) is 10.2 Å². The summed E-state index contributed by atoms with van der Waals surface area (Å²) in [4.78, 5) is 12.5. The normalized spacial score (nSPS) is 11.5. The third-order valence-corrected chi connectivity index (χ3v) is 6.11. The van der Waals surface area contributed by atoms with Crippen LogP contribution in [0.25, 0.3) is 17.1 Å². The number of hydrogen-bond acceptors (Lipinski definition) is 5. The molecule has 8 heteroatoms. The smallest absolute Gasteiger partial charge is 0.250 e. The molecule has 0 aliphatic carbocycles. The lowest BCUT2D eigenvalue weighted by Gasteiger charge is -2.11. The Kier molecular flexibility index (Phi) is 7.18. The van der Waals surface area contributed by atoms with Gasteiger partial charge in [-0.3, -0.25) is 9.36 Å². The minimum atomic E-state index is -0.320. The van der Waals surface area contributed by atoms with Gasteiger partial charge in [-0.1, -0.05) is 71.4 Å². The molecule has 0 bridgehead atoms. The van der Waals surface area contributed by atoms with Crippen molar-refractivity contribution in [1.29, 1.82) is 0 Å². The Morgan fingerprint density at radius 1 is 0.941 bits per heavy atom. The first-order valence-corrected chi connectivity index (χ1v) is 11.7. The molecule has 6 nitrogen and oxygen atoms in total. The van der Waals surface area contributed by atoms with Crippen LogP contribution in [0.3, 0.4) is 0 Å². The van der Waals surface area contributed by atoms with E-state index in [1.165, 1.54) is 23.9 Å². The summed E-state index contributed by atoms with van der Waals surface area (Å²) < 4.78 is 15.1. The zero-order valence-electron chi connectivity index (χ0n) is 19.1. The maximum Gasteiger partial charge on any atom is 0.250 e. The van der Waals surface area contributed by atoms with Gasteiger partial charge < -0.3 is 0 Å². The van der Waals surface area contributed by atoms with Crippen molar-refractivity contribution in [3.8, 4) is 17.1 Å². The fraction of sp³-hybridized carbons (Fsp3) is 0.154. The van der Waals surface area contributed by atoms with E-state index < -0.39 is 0 Å². The molecule has 0 saturated carbocycles. The number of aryl methyl sites for hydroxylation is 2. The topological polar surface area (TPSA) is 72.2 Å². The second-order valence-corrected chi connectivity index (χ2v) is 8.81. The van der Waals surface area contributed by atoms with Gasteiger partial charge in [0, 0.05) is 11.3 Å².